The lowest BCUT2D eigenvalue weighted by Crippen LogP contribution is -2.52. The van der Waals surface area contributed by atoms with Crippen LogP contribution >= 0.6 is 0 Å². The number of aliphatic hydroxyl groups is 1. The Morgan fingerprint density at radius 2 is 2.14 bits per heavy atom. The number of hydrazine groups is 2. The van der Waals surface area contributed by atoms with Gasteiger partial charge in [-0.1, -0.05) is 20.8 Å². The van der Waals surface area contributed by atoms with Gasteiger partial charge in [0, 0.05) is 12.3 Å². The fraction of sp³-hybridized carbons (Fsp3) is 0.889. The van der Waals surface area contributed by atoms with E-state index in [2.05, 4.69) is 20.8 Å². The van der Waals surface area contributed by atoms with Crippen LogP contribution in [-0.4, -0.2) is 46.7 Å². The minimum absolute atomic E-state index is 0.0456. The van der Waals surface area contributed by atoms with Crippen LogP contribution < -0.4 is 5.84 Å². The van der Waals surface area contributed by atoms with Gasteiger partial charge in [-0.3, -0.25) is 5.84 Å². The zero-order valence-corrected chi connectivity index (χ0v) is 9.12. The zero-order valence-electron chi connectivity index (χ0n) is 9.12. The molecule has 14 heavy (non-hydrogen) atoms. The van der Waals surface area contributed by atoms with Crippen LogP contribution in [-0.2, 0) is 0 Å². The van der Waals surface area contributed by atoms with Gasteiger partial charge < -0.3 is 10.5 Å². The van der Waals surface area contributed by atoms with Gasteiger partial charge in [0.05, 0.1) is 19.2 Å². The molecule has 0 saturated carbocycles. The predicted molar refractivity (Wildman–Crippen MR) is 55.7 cm³/mol. The van der Waals surface area contributed by atoms with Crippen LogP contribution in [0.5, 0.6) is 0 Å². The van der Waals surface area contributed by atoms with E-state index in [1.54, 1.807) is 10.1 Å². The number of nitrogens with zero attached hydrogens (tertiary/aromatic N) is 2. The molecule has 1 rings (SSSR count). The molecule has 0 aromatic heterocycles. The van der Waals surface area contributed by atoms with Gasteiger partial charge in [0.15, 0.2) is 0 Å². The Hall–Kier alpha value is -0.490. The molecule has 0 aromatic carbocycles. The topological polar surface area (TPSA) is 76.6 Å². The van der Waals surface area contributed by atoms with Gasteiger partial charge in [-0.15, -0.1) is 0 Å². The standard InChI is InChI=1S/C9H20N4O/c1-9(2,3)8-7(10)6-12(4-5-14)13(8)11/h8,10,14H,4-6,11H2,1-3H3. The smallest absolute Gasteiger partial charge is 0.0836 e. The maximum atomic E-state index is 8.83. The van der Waals surface area contributed by atoms with Crippen LogP contribution in [0.2, 0.25) is 0 Å². The molecule has 0 radical (unpaired) electrons. The van der Waals surface area contributed by atoms with Crippen molar-refractivity contribution in [1.82, 2.24) is 10.1 Å². The molecule has 5 heteroatoms. The van der Waals surface area contributed by atoms with Crippen molar-refractivity contribution >= 4 is 5.71 Å². The Morgan fingerprint density at radius 1 is 1.57 bits per heavy atom. The highest BCUT2D eigenvalue weighted by molar-refractivity contribution is 5.90. The highest BCUT2D eigenvalue weighted by Gasteiger charge is 2.41. The summed E-state index contributed by atoms with van der Waals surface area (Å²) in [6.45, 7) is 7.28. The summed E-state index contributed by atoms with van der Waals surface area (Å²) in [6.07, 6.45) is 0. The molecule has 1 saturated heterocycles. The first-order valence-electron chi connectivity index (χ1n) is 4.85. The van der Waals surface area contributed by atoms with Gasteiger partial charge >= 0.3 is 0 Å². The van der Waals surface area contributed by atoms with Crippen LogP contribution in [0, 0.1) is 10.8 Å². The van der Waals surface area contributed by atoms with Crippen LogP contribution in [0.25, 0.3) is 0 Å². The lowest BCUT2D eigenvalue weighted by Gasteiger charge is -2.34. The molecule has 4 N–H and O–H groups in total. The molecule has 0 amide bonds. The van der Waals surface area contributed by atoms with Crippen LogP contribution in [0.1, 0.15) is 20.8 Å². The normalized spacial score (nSPS) is 26.1. The second-order valence-corrected chi connectivity index (χ2v) is 4.79. The molecule has 1 atom stereocenters. The number of hydrogen-bond acceptors (Lipinski definition) is 5. The van der Waals surface area contributed by atoms with Gasteiger partial charge in [-0.25, -0.2) is 5.01 Å². The second-order valence-electron chi connectivity index (χ2n) is 4.79. The average Bonchev–Trinajstić information content (AvgIpc) is 2.26. The van der Waals surface area contributed by atoms with Crippen molar-refractivity contribution < 1.29 is 5.11 Å². The van der Waals surface area contributed by atoms with Crippen LogP contribution in [0.4, 0.5) is 0 Å². The Labute approximate surface area is 84.9 Å². The molecule has 1 aliphatic heterocycles. The summed E-state index contributed by atoms with van der Waals surface area (Å²) in [5, 5.41) is 20.1. The first-order chi connectivity index (χ1) is 6.38. The summed E-state index contributed by atoms with van der Waals surface area (Å²) in [5.74, 6) is 5.89. The highest BCUT2D eigenvalue weighted by atomic mass is 16.3. The molecular weight excluding hydrogens is 180 g/mol. The van der Waals surface area contributed by atoms with Crippen molar-refractivity contribution in [3.8, 4) is 0 Å². The zero-order chi connectivity index (χ0) is 10.9. The fourth-order valence-corrected chi connectivity index (χ4v) is 1.92. The Morgan fingerprint density at radius 3 is 2.50 bits per heavy atom. The van der Waals surface area contributed by atoms with E-state index in [4.69, 9.17) is 16.4 Å². The van der Waals surface area contributed by atoms with Crippen LogP contribution in [0.3, 0.4) is 0 Å². The third kappa shape index (κ3) is 2.12. The van der Waals surface area contributed by atoms with Crippen molar-refractivity contribution in [1.29, 1.82) is 5.41 Å². The molecule has 1 unspecified atom stereocenters. The number of aliphatic hydroxyl groups excluding tert-OH is 1. The molecule has 82 valence electrons. The molecule has 0 bridgehead atoms. The van der Waals surface area contributed by atoms with Gasteiger partial charge in [0.25, 0.3) is 0 Å². The Bertz CT molecular complexity index is 223. The van der Waals surface area contributed by atoms with Crippen molar-refractivity contribution in [2.75, 3.05) is 19.7 Å². The van der Waals surface area contributed by atoms with E-state index in [1.165, 1.54) is 0 Å². The van der Waals surface area contributed by atoms with Gasteiger partial charge in [0.1, 0.15) is 0 Å². The Balaban J connectivity index is 2.75. The molecule has 0 aliphatic carbocycles. The first kappa shape index (κ1) is 11.6. The number of nitrogens with two attached hydrogens (primary N) is 1. The molecule has 1 aliphatic rings. The predicted octanol–water partition coefficient (Wildman–Crippen LogP) is -0.181. The maximum Gasteiger partial charge on any atom is 0.0836 e. The van der Waals surface area contributed by atoms with Crippen molar-refractivity contribution in [3.63, 3.8) is 0 Å². The van der Waals surface area contributed by atoms with E-state index in [9.17, 15) is 0 Å². The first-order valence-corrected chi connectivity index (χ1v) is 4.85. The quantitative estimate of drug-likeness (QED) is 0.540. The summed E-state index contributed by atoms with van der Waals surface area (Å²) in [5.41, 5.74) is 0.573. The van der Waals surface area contributed by atoms with Crippen LogP contribution in [0.15, 0.2) is 0 Å². The number of β-amino-alcohol motifs (C(OH)–C–C–N with tert-alkyl or cyclic N) is 1. The van der Waals surface area contributed by atoms with Crippen molar-refractivity contribution in [3.05, 3.63) is 0 Å². The number of hydrogen-bond donors (Lipinski definition) is 3. The lowest BCUT2D eigenvalue weighted by molar-refractivity contribution is -0.0403. The summed E-state index contributed by atoms with van der Waals surface area (Å²) in [4.78, 5) is 0. The minimum atomic E-state index is -0.0611. The van der Waals surface area contributed by atoms with E-state index in [-0.39, 0.29) is 18.1 Å². The summed E-state index contributed by atoms with van der Waals surface area (Å²) >= 11 is 0. The summed E-state index contributed by atoms with van der Waals surface area (Å²) in [6, 6.07) is -0.0611. The van der Waals surface area contributed by atoms with E-state index < -0.39 is 0 Å². The summed E-state index contributed by atoms with van der Waals surface area (Å²) in [7, 11) is 0. The molecule has 1 fully saturated rings. The van der Waals surface area contributed by atoms with Gasteiger partial charge in [-0.2, -0.15) is 5.12 Å². The van der Waals surface area contributed by atoms with Gasteiger partial charge in [0.2, 0.25) is 0 Å². The van der Waals surface area contributed by atoms with E-state index in [0.29, 0.717) is 18.8 Å². The van der Waals surface area contributed by atoms with E-state index >= 15 is 0 Å². The average molecular weight is 200 g/mol. The van der Waals surface area contributed by atoms with Crippen molar-refractivity contribution in [2.24, 2.45) is 11.3 Å². The SMILES string of the molecule is CC(C)(C)C1C(=N)CN(CCO)N1N. The molecular formula is C9H20N4O. The van der Waals surface area contributed by atoms with Crippen molar-refractivity contribution in [2.45, 2.75) is 26.8 Å². The third-order valence-electron chi connectivity index (χ3n) is 2.45. The minimum Gasteiger partial charge on any atom is -0.395 e. The lowest BCUT2D eigenvalue weighted by atomic mass is 9.85. The largest absolute Gasteiger partial charge is 0.395 e. The molecule has 5 nitrogen and oxygen atoms in total. The van der Waals surface area contributed by atoms with E-state index in [0.717, 1.165) is 0 Å². The number of rotatable bonds is 2. The second kappa shape index (κ2) is 3.94. The monoisotopic (exact) mass is 200 g/mol. The molecule has 1 heterocycles. The maximum absolute atomic E-state index is 8.83. The fourth-order valence-electron chi connectivity index (χ4n) is 1.92. The molecule has 0 spiro atoms. The third-order valence-corrected chi connectivity index (χ3v) is 2.45. The Kier molecular flexibility index (Phi) is 3.26. The number of nitrogens with one attached hydrogen (secondary N) is 1. The highest BCUT2D eigenvalue weighted by Crippen LogP contribution is 2.28. The van der Waals surface area contributed by atoms with Gasteiger partial charge in [-0.05, 0) is 5.41 Å². The molecule has 0 aromatic rings. The van der Waals surface area contributed by atoms with E-state index in [1.807, 2.05) is 0 Å². The summed E-state index contributed by atoms with van der Waals surface area (Å²) < 4.78 is 0.